The highest BCUT2D eigenvalue weighted by atomic mass is 32.1. The van der Waals surface area contributed by atoms with Gasteiger partial charge in [-0.3, -0.25) is 4.90 Å². The maximum absolute atomic E-state index is 9.02. The molecule has 20 heavy (non-hydrogen) atoms. The van der Waals surface area contributed by atoms with Crippen LogP contribution in [0.3, 0.4) is 0 Å². The number of thiophene rings is 1. The van der Waals surface area contributed by atoms with Crippen LogP contribution < -0.4 is 5.32 Å². The smallest absolute Gasteiger partial charge is 0.146 e. The second-order valence-corrected chi connectivity index (χ2v) is 6.17. The van der Waals surface area contributed by atoms with Crippen LogP contribution in [-0.4, -0.2) is 46.7 Å². The number of hydrogen-bond acceptors (Lipinski definition) is 6. The fourth-order valence-electron chi connectivity index (χ4n) is 2.84. The van der Waals surface area contributed by atoms with E-state index in [1.807, 2.05) is 7.05 Å². The van der Waals surface area contributed by atoms with Crippen LogP contribution in [0.15, 0.2) is 11.4 Å². The number of aliphatic hydroxyl groups is 1. The zero-order valence-electron chi connectivity index (χ0n) is 11.7. The zero-order valence-corrected chi connectivity index (χ0v) is 12.5. The van der Waals surface area contributed by atoms with Crippen molar-refractivity contribution in [1.29, 1.82) is 0 Å². The molecule has 5 nitrogen and oxygen atoms in total. The number of nitrogens with zero attached hydrogens (tertiary/aromatic N) is 3. The Bertz CT molecular complexity index is 586. The summed E-state index contributed by atoms with van der Waals surface area (Å²) in [5, 5.41) is 15.3. The molecule has 0 aromatic carbocycles. The molecule has 3 rings (SSSR count). The van der Waals surface area contributed by atoms with Crippen LogP contribution in [-0.2, 0) is 6.54 Å². The van der Waals surface area contributed by atoms with Crippen molar-refractivity contribution in [1.82, 2.24) is 14.9 Å². The topological polar surface area (TPSA) is 61.3 Å². The van der Waals surface area contributed by atoms with Crippen LogP contribution in [0.25, 0.3) is 10.2 Å². The molecule has 1 unspecified atom stereocenters. The summed E-state index contributed by atoms with van der Waals surface area (Å²) < 4.78 is 0. The highest BCUT2D eigenvalue weighted by Crippen LogP contribution is 2.26. The van der Waals surface area contributed by atoms with E-state index in [9.17, 15) is 0 Å². The van der Waals surface area contributed by atoms with Crippen molar-refractivity contribution >= 4 is 27.4 Å². The van der Waals surface area contributed by atoms with Gasteiger partial charge in [-0.05, 0) is 36.8 Å². The van der Waals surface area contributed by atoms with Crippen molar-refractivity contribution < 1.29 is 5.11 Å². The van der Waals surface area contributed by atoms with E-state index in [-0.39, 0.29) is 0 Å². The average molecular weight is 292 g/mol. The molecule has 1 saturated heterocycles. The molecule has 1 aliphatic heterocycles. The maximum atomic E-state index is 9.02. The Morgan fingerprint density at radius 1 is 1.50 bits per heavy atom. The molecule has 0 saturated carbocycles. The number of likely N-dealkylation sites (tertiary alicyclic amines) is 1. The third kappa shape index (κ3) is 2.77. The molecule has 3 heterocycles. The molecule has 2 aromatic heterocycles. The summed E-state index contributed by atoms with van der Waals surface area (Å²) in [6, 6.07) is 2.06. The predicted molar refractivity (Wildman–Crippen MR) is 82.0 cm³/mol. The van der Waals surface area contributed by atoms with Gasteiger partial charge in [0.2, 0.25) is 0 Å². The normalized spacial score (nSPS) is 19.8. The van der Waals surface area contributed by atoms with Gasteiger partial charge in [-0.25, -0.2) is 9.97 Å². The maximum Gasteiger partial charge on any atom is 0.146 e. The van der Waals surface area contributed by atoms with Gasteiger partial charge in [0.15, 0.2) is 0 Å². The van der Waals surface area contributed by atoms with Crippen molar-refractivity contribution in [2.24, 2.45) is 5.92 Å². The van der Waals surface area contributed by atoms with E-state index < -0.39 is 0 Å². The Kier molecular flexibility index (Phi) is 4.14. The summed E-state index contributed by atoms with van der Waals surface area (Å²) in [4.78, 5) is 12.7. The number of aliphatic hydroxyl groups excluding tert-OH is 1. The van der Waals surface area contributed by atoms with Gasteiger partial charge in [0.25, 0.3) is 0 Å². The first-order valence-corrected chi connectivity index (χ1v) is 7.93. The van der Waals surface area contributed by atoms with Gasteiger partial charge in [0.05, 0.1) is 11.9 Å². The van der Waals surface area contributed by atoms with Crippen molar-refractivity contribution in [3.63, 3.8) is 0 Å². The first kappa shape index (κ1) is 13.7. The summed E-state index contributed by atoms with van der Waals surface area (Å²) in [7, 11) is 1.90. The van der Waals surface area contributed by atoms with E-state index in [1.54, 1.807) is 11.3 Å². The largest absolute Gasteiger partial charge is 0.396 e. The van der Waals surface area contributed by atoms with Crippen molar-refractivity contribution in [2.45, 2.75) is 19.4 Å². The fourth-order valence-corrected chi connectivity index (χ4v) is 3.62. The molecular weight excluding hydrogens is 272 g/mol. The Labute approximate surface area is 122 Å². The SMILES string of the molecule is CNc1nc(CN2CCC(CCO)C2)nc2sccc12. The average Bonchev–Trinajstić information content (AvgIpc) is 3.07. The number of fused-ring (bicyclic) bond motifs is 1. The number of rotatable bonds is 5. The van der Waals surface area contributed by atoms with Crippen LogP contribution in [0, 0.1) is 5.92 Å². The molecule has 0 amide bonds. The van der Waals surface area contributed by atoms with E-state index in [0.29, 0.717) is 12.5 Å². The molecule has 2 N–H and O–H groups in total. The molecule has 6 heteroatoms. The molecule has 2 aromatic rings. The predicted octanol–water partition coefficient (Wildman–Crippen LogP) is 1.94. The first-order chi connectivity index (χ1) is 9.80. The van der Waals surface area contributed by atoms with E-state index in [0.717, 1.165) is 47.9 Å². The fraction of sp³-hybridized carbons (Fsp3) is 0.571. The Balaban J connectivity index is 1.74. The minimum Gasteiger partial charge on any atom is -0.396 e. The van der Waals surface area contributed by atoms with Crippen LogP contribution in [0.2, 0.25) is 0 Å². The molecule has 1 atom stereocenters. The highest BCUT2D eigenvalue weighted by molar-refractivity contribution is 7.16. The zero-order chi connectivity index (χ0) is 13.9. The summed E-state index contributed by atoms with van der Waals surface area (Å²) in [6.45, 7) is 3.21. The van der Waals surface area contributed by atoms with E-state index >= 15 is 0 Å². The first-order valence-electron chi connectivity index (χ1n) is 7.05. The van der Waals surface area contributed by atoms with Crippen molar-refractivity contribution in [3.8, 4) is 0 Å². The molecular formula is C14H20N4OS. The molecule has 0 bridgehead atoms. The van der Waals surface area contributed by atoms with Gasteiger partial charge >= 0.3 is 0 Å². The molecule has 0 aliphatic carbocycles. The van der Waals surface area contributed by atoms with Crippen LogP contribution in [0.4, 0.5) is 5.82 Å². The number of nitrogens with one attached hydrogen (secondary N) is 1. The molecule has 1 fully saturated rings. The summed E-state index contributed by atoms with van der Waals surface area (Å²) in [6.07, 6.45) is 2.07. The standard InChI is InChI=1S/C14H20N4OS/c1-15-13-11-4-7-20-14(11)17-12(16-13)9-18-5-2-10(8-18)3-6-19/h4,7,10,19H,2-3,5-6,8-9H2,1H3,(H,15,16,17). The Hall–Kier alpha value is -1.24. The third-order valence-electron chi connectivity index (χ3n) is 3.88. The van der Waals surface area contributed by atoms with E-state index in [2.05, 4.69) is 31.6 Å². The Morgan fingerprint density at radius 3 is 3.20 bits per heavy atom. The highest BCUT2D eigenvalue weighted by Gasteiger charge is 2.23. The second-order valence-electron chi connectivity index (χ2n) is 5.28. The summed E-state index contributed by atoms with van der Waals surface area (Å²) in [5.74, 6) is 2.42. The lowest BCUT2D eigenvalue weighted by atomic mass is 10.1. The molecule has 108 valence electrons. The molecule has 1 aliphatic rings. The quantitative estimate of drug-likeness (QED) is 0.882. The van der Waals surface area contributed by atoms with Gasteiger partial charge in [0, 0.05) is 20.2 Å². The van der Waals surface area contributed by atoms with Crippen LogP contribution >= 0.6 is 11.3 Å². The van der Waals surface area contributed by atoms with Gasteiger partial charge in [-0.1, -0.05) is 0 Å². The summed E-state index contributed by atoms with van der Waals surface area (Å²) in [5.41, 5.74) is 0. The lowest BCUT2D eigenvalue weighted by Crippen LogP contribution is -2.22. The molecule has 0 radical (unpaired) electrons. The lowest BCUT2D eigenvalue weighted by molar-refractivity contribution is 0.248. The Morgan fingerprint density at radius 2 is 2.40 bits per heavy atom. The second kappa shape index (κ2) is 6.03. The molecule has 0 spiro atoms. The number of anilines is 1. The minimum absolute atomic E-state index is 0.292. The van der Waals surface area contributed by atoms with Gasteiger partial charge in [0.1, 0.15) is 16.5 Å². The lowest BCUT2D eigenvalue weighted by Gasteiger charge is -2.15. The van der Waals surface area contributed by atoms with Crippen LogP contribution in [0.1, 0.15) is 18.7 Å². The number of aromatic nitrogens is 2. The third-order valence-corrected chi connectivity index (χ3v) is 4.69. The van der Waals surface area contributed by atoms with Crippen LogP contribution in [0.5, 0.6) is 0 Å². The van der Waals surface area contributed by atoms with E-state index in [4.69, 9.17) is 5.11 Å². The van der Waals surface area contributed by atoms with Crippen molar-refractivity contribution in [3.05, 3.63) is 17.3 Å². The minimum atomic E-state index is 0.292. The van der Waals surface area contributed by atoms with Gasteiger partial charge < -0.3 is 10.4 Å². The van der Waals surface area contributed by atoms with Gasteiger partial charge in [-0.2, -0.15) is 0 Å². The monoisotopic (exact) mass is 292 g/mol. The van der Waals surface area contributed by atoms with Gasteiger partial charge in [-0.15, -0.1) is 11.3 Å². The number of hydrogen-bond donors (Lipinski definition) is 2. The van der Waals surface area contributed by atoms with Crippen molar-refractivity contribution in [2.75, 3.05) is 32.1 Å². The summed E-state index contributed by atoms with van der Waals surface area (Å²) >= 11 is 1.65. The van der Waals surface area contributed by atoms with E-state index in [1.165, 1.54) is 6.42 Å².